The molecule has 0 spiro atoms. The minimum atomic E-state index is -0.988. The number of benzene rings is 2. The van der Waals surface area contributed by atoms with Crippen LogP contribution < -0.4 is 0 Å². The predicted molar refractivity (Wildman–Crippen MR) is 97.3 cm³/mol. The summed E-state index contributed by atoms with van der Waals surface area (Å²) in [7, 11) is 0. The van der Waals surface area contributed by atoms with E-state index in [1.54, 1.807) is 30.3 Å². The minimum absolute atomic E-state index is 0.0550. The molecule has 0 aliphatic carbocycles. The Labute approximate surface area is 151 Å². The first kappa shape index (κ1) is 17.9. The lowest BCUT2D eigenvalue weighted by atomic mass is 10.0. The molecule has 0 aliphatic heterocycles. The SMILES string of the molecule is O=C(O)CSC(CC(=O)c1ccc(I)cc1)c1ccccc1F. The summed E-state index contributed by atoms with van der Waals surface area (Å²) in [5.41, 5.74) is 0.903. The van der Waals surface area contributed by atoms with Gasteiger partial charge in [0.2, 0.25) is 0 Å². The maximum atomic E-state index is 14.0. The van der Waals surface area contributed by atoms with Crippen LogP contribution in [0.15, 0.2) is 48.5 Å². The van der Waals surface area contributed by atoms with Gasteiger partial charge in [-0.2, -0.15) is 0 Å². The third-order valence-corrected chi connectivity index (χ3v) is 5.15. The second-order valence-corrected chi connectivity index (χ2v) is 7.29. The number of Topliss-reactive ketones (excluding diaryl/α,β-unsaturated/α-hetero) is 1. The zero-order valence-electron chi connectivity index (χ0n) is 12.0. The molecule has 0 fully saturated rings. The first-order valence-electron chi connectivity index (χ1n) is 6.84. The Morgan fingerprint density at radius 2 is 1.78 bits per heavy atom. The number of halogens is 2. The van der Waals surface area contributed by atoms with E-state index in [9.17, 15) is 14.0 Å². The minimum Gasteiger partial charge on any atom is -0.481 e. The first-order chi connectivity index (χ1) is 11.0. The number of carboxylic acid groups (broad SMARTS) is 1. The van der Waals surface area contributed by atoms with E-state index in [4.69, 9.17) is 5.11 Å². The number of carbonyl (C=O) groups excluding carboxylic acids is 1. The summed E-state index contributed by atoms with van der Waals surface area (Å²) in [6.07, 6.45) is 0.0550. The van der Waals surface area contributed by atoms with E-state index in [-0.39, 0.29) is 18.0 Å². The van der Waals surface area contributed by atoms with Crippen LogP contribution in [-0.4, -0.2) is 22.6 Å². The molecule has 120 valence electrons. The highest BCUT2D eigenvalue weighted by Crippen LogP contribution is 2.34. The van der Waals surface area contributed by atoms with E-state index in [1.165, 1.54) is 6.07 Å². The van der Waals surface area contributed by atoms with E-state index < -0.39 is 17.0 Å². The number of hydrogen-bond donors (Lipinski definition) is 1. The molecule has 6 heteroatoms. The number of rotatable bonds is 7. The third-order valence-electron chi connectivity index (χ3n) is 3.20. The van der Waals surface area contributed by atoms with Crippen LogP contribution in [0.3, 0.4) is 0 Å². The van der Waals surface area contributed by atoms with Crippen molar-refractivity contribution >= 4 is 46.1 Å². The Morgan fingerprint density at radius 3 is 2.39 bits per heavy atom. The van der Waals surface area contributed by atoms with Gasteiger partial charge in [0.05, 0.1) is 5.75 Å². The summed E-state index contributed by atoms with van der Waals surface area (Å²) in [5, 5.41) is 8.33. The zero-order chi connectivity index (χ0) is 16.8. The molecule has 0 aromatic heterocycles. The van der Waals surface area contributed by atoms with Gasteiger partial charge < -0.3 is 5.11 Å². The first-order valence-corrected chi connectivity index (χ1v) is 8.96. The van der Waals surface area contributed by atoms with Crippen molar-refractivity contribution in [2.45, 2.75) is 11.7 Å². The molecule has 0 heterocycles. The van der Waals surface area contributed by atoms with Gasteiger partial charge in [0, 0.05) is 26.4 Å². The van der Waals surface area contributed by atoms with Gasteiger partial charge in [-0.15, -0.1) is 11.8 Å². The van der Waals surface area contributed by atoms with E-state index in [0.29, 0.717) is 11.1 Å². The fraction of sp³-hybridized carbons (Fsp3) is 0.176. The summed E-state index contributed by atoms with van der Waals surface area (Å²) >= 11 is 3.21. The van der Waals surface area contributed by atoms with E-state index in [0.717, 1.165) is 15.3 Å². The van der Waals surface area contributed by atoms with Gasteiger partial charge in [-0.1, -0.05) is 30.3 Å². The standard InChI is InChI=1S/C17H14FIO3S/c18-14-4-2-1-3-13(14)16(23-10-17(21)22)9-15(20)11-5-7-12(19)8-6-11/h1-8,16H,9-10H2,(H,21,22). The van der Waals surface area contributed by atoms with Crippen molar-refractivity contribution in [3.05, 3.63) is 69.0 Å². The average molecular weight is 444 g/mol. The molecule has 23 heavy (non-hydrogen) atoms. The number of aliphatic carboxylic acids is 1. The van der Waals surface area contributed by atoms with E-state index in [1.807, 2.05) is 12.1 Å². The zero-order valence-corrected chi connectivity index (χ0v) is 15.0. The molecular weight excluding hydrogens is 430 g/mol. The van der Waals surface area contributed by atoms with Crippen LogP contribution in [0.2, 0.25) is 0 Å². The largest absolute Gasteiger partial charge is 0.481 e. The third kappa shape index (κ3) is 5.31. The van der Waals surface area contributed by atoms with Crippen molar-refractivity contribution in [3.8, 4) is 0 Å². The van der Waals surface area contributed by atoms with Gasteiger partial charge in [0.1, 0.15) is 5.82 Å². The van der Waals surface area contributed by atoms with Crippen molar-refractivity contribution in [2.75, 3.05) is 5.75 Å². The molecule has 0 saturated heterocycles. The Kier molecular flexibility index (Phi) is 6.59. The van der Waals surface area contributed by atoms with Crippen molar-refractivity contribution in [3.63, 3.8) is 0 Å². The van der Waals surface area contributed by atoms with Gasteiger partial charge in [0.15, 0.2) is 5.78 Å². The van der Waals surface area contributed by atoms with E-state index >= 15 is 0 Å². The molecule has 0 bridgehead atoms. The van der Waals surface area contributed by atoms with Crippen molar-refractivity contribution in [1.29, 1.82) is 0 Å². The molecule has 0 aliphatic rings. The summed E-state index contributed by atoms with van der Waals surface area (Å²) in [5.74, 6) is -1.73. The monoisotopic (exact) mass is 444 g/mol. The average Bonchev–Trinajstić information content (AvgIpc) is 2.52. The van der Waals surface area contributed by atoms with Crippen LogP contribution in [-0.2, 0) is 4.79 Å². The maximum absolute atomic E-state index is 14.0. The summed E-state index contributed by atoms with van der Waals surface area (Å²) in [6, 6.07) is 13.3. The van der Waals surface area contributed by atoms with Crippen LogP contribution in [0.4, 0.5) is 4.39 Å². The fourth-order valence-corrected chi connectivity index (χ4v) is 3.43. The molecule has 2 aromatic carbocycles. The van der Waals surface area contributed by atoms with Gasteiger partial charge in [-0.3, -0.25) is 9.59 Å². The summed E-state index contributed by atoms with van der Waals surface area (Å²) < 4.78 is 15.0. The lowest BCUT2D eigenvalue weighted by molar-refractivity contribution is -0.133. The number of carboxylic acids is 1. The Morgan fingerprint density at radius 1 is 1.13 bits per heavy atom. The topological polar surface area (TPSA) is 54.4 Å². The highest BCUT2D eigenvalue weighted by Gasteiger charge is 2.21. The molecule has 0 radical (unpaired) electrons. The van der Waals surface area contributed by atoms with Gasteiger partial charge in [0.25, 0.3) is 0 Å². The van der Waals surface area contributed by atoms with Crippen LogP contribution >= 0.6 is 34.4 Å². The molecule has 1 unspecified atom stereocenters. The van der Waals surface area contributed by atoms with Crippen LogP contribution in [0.1, 0.15) is 27.6 Å². The fourth-order valence-electron chi connectivity index (χ4n) is 2.09. The van der Waals surface area contributed by atoms with Crippen molar-refractivity contribution < 1.29 is 19.1 Å². The number of ketones is 1. The molecule has 1 atom stereocenters. The molecule has 2 aromatic rings. The highest BCUT2D eigenvalue weighted by atomic mass is 127. The van der Waals surface area contributed by atoms with E-state index in [2.05, 4.69) is 22.6 Å². The summed E-state index contributed by atoms with van der Waals surface area (Å²) in [6.45, 7) is 0. The van der Waals surface area contributed by atoms with Crippen LogP contribution in [0, 0.1) is 9.39 Å². The maximum Gasteiger partial charge on any atom is 0.313 e. The summed E-state index contributed by atoms with van der Waals surface area (Å²) in [4.78, 5) is 23.2. The van der Waals surface area contributed by atoms with Crippen molar-refractivity contribution in [1.82, 2.24) is 0 Å². The molecule has 0 saturated carbocycles. The smallest absolute Gasteiger partial charge is 0.313 e. The van der Waals surface area contributed by atoms with Gasteiger partial charge in [-0.25, -0.2) is 4.39 Å². The van der Waals surface area contributed by atoms with Crippen LogP contribution in [0.5, 0.6) is 0 Å². The quantitative estimate of drug-likeness (QED) is 0.503. The number of carbonyl (C=O) groups is 2. The van der Waals surface area contributed by atoms with Crippen LogP contribution in [0.25, 0.3) is 0 Å². The number of thioether (sulfide) groups is 1. The Hall–Kier alpha value is -1.41. The molecule has 3 nitrogen and oxygen atoms in total. The normalized spacial score (nSPS) is 11.9. The number of hydrogen-bond acceptors (Lipinski definition) is 3. The lowest BCUT2D eigenvalue weighted by Gasteiger charge is -2.16. The lowest BCUT2D eigenvalue weighted by Crippen LogP contribution is -2.09. The molecular formula is C17H14FIO3S. The highest BCUT2D eigenvalue weighted by molar-refractivity contribution is 14.1. The Bertz CT molecular complexity index is 703. The van der Waals surface area contributed by atoms with Gasteiger partial charge >= 0.3 is 5.97 Å². The molecule has 0 amide bonds. The predicted octanol–water partition coefficient (Wildman–Crippen LogP) is 4.56. The molecule has 1 N–H and O–H groups in total. The Balaban J connectivity index is 2.20. The second kappa shape index (κ2) is 8.44. The van der Waals surface area contributed by atoms with Crippen molar-refractivity contribution in [2.24, 2.45) is 0 Å². The second-order valence-electron chi connectivity index (χ2n) is 4.85. The van der Waals surface area contributed by atoms with Gasteiger partial charge in [-0.05, 0) is 40.8 Å². The molecule has 2 rings (SSSR count).